The van der Waals surface area contributed by atoms with Crippen LogP contribution in [0, 0.1) is 6.92 Å². The predicted molar refractivity (Wildman–Crippen MR) is 78.4 cm³/mol. The summed E-state index contributed by atoms with van der Waals surface area (Å²) in [4.78, 5) is 23.2. The second kappa shape index (κ2) is 7.28. The SMILES string of the molecule is Cc1occc(=O)c1OCC(=O)NCCc1ccccc1. The zero-order chi connectivity index (χ0) is 15.1. The van der Waals surface area contributed by atoms with Crippen molar-refractivity contribution in [2.75, 3.05) is 13.2 Å². The van der Waals surface area contributed by atoms with E-state index >= 15 is 0 Å². The summed E-state index contributed by atoms with van der Waals surface area (Å²) in [6, 6.07) is 11.1. The van der Waals surface area contributed by atoms with Gasteiger partial charge in [0.1, 0.15) is 5.76 Å². The molecule has 0 aliphatic carbocycles. The summed E-state index contributed by atoms with van der Waals surface area (Å²) in [5.74, 6) is 0.170. The fraction of sp³-hybridized carbons (Fsp3) is 0.250. The molecule has 0 radical (unpaired) electrons. The van der Waals surface area contributed by atoms with E-state index in [1.807, 2.05) is 30.3 Å². The van der Waals surface area contributed by atoms with E-state index in [1.165, 1.54) is 12.3 Å². The molecule has 0 aliphatic rings. The van der Waals surface area contributed by atoms with Crippen LogP contribution >= 0.6 is 0 Å². The van der Waals surface area contributed by atoms with Crippen molar-refractivity contribution in [3.05, 3.63) is 64.2 Å². The van der Waals surface area contributed by atoms with Crippen molar-refractivity contribution in [1.82, 2.24) is 5.32 Å². The molecule has 1 N–H and O–H groups in total. The third kappa shape index (κ3) is 4.49. The predicted octanol–water partition coefficient (Wildman–Crippen LogP) is 1.69. The molecule has 1 aromatic heterocycles. The number of carbonyl (C=O) groups excluding carboxylic acids is 1. The number of rotatable bonds is 6. The van der Waals surface area contributed by atoms with Crippen molar-refractivity contribution in [2.24, 2.45) is 0 Å². The standard InChI is InChI=1S/C16H17NO4/c1-12-16(14(18)8-10-20-12)21-11-15(19)17-9-7-13-5-3-2-4-6-13/h2-6,8,10H,7,9,11H2,1H3,(H,17,19). The Bertz CT molecular complexity index is 649. The van der Waals surface area contributed by atoms with Crippen molar-refractivity contribution >= 4 is 5.91 Å². The van der Waals surface area contributed by atoms with E-state index in [1.54, 1.807) is 6.92 Å². The molecule has 1 heterocycles. The second-order valence-corrected chi connectivity index (χ2v) is 4.54. The van der Waals surface area contributed by atoms with Gasteiger partial charge in [0, 0.05) is 12.6 Å². The maximum absolute atomic E-state index is 11.7. The van der Waals surface area contributed by atoms with Crippen LogP contribution < -0.4 is 15.5 Å². The van der Waals surface area contributed by atoms with Crippen LogP contribution in [0.4, 0.5) is 0 Å². The van der Waals surface area contributed by atoms with E-state index < -0.39 is 0 Å². The highest BCUT2D eigenvalue weighted by atomic mass is 16.5. The molecule has 2 aromatic rings. The van der Waals surface area contributed by atoms with Gasteiger partial charge in [0.15, 0.2) is 6.61 Å². The van der Waals surface area contributed by atoms with Crippen LogP contribution in [0.3, 0.4) is 0 Å². The quantitative estimate of drug-likeness (QED) is 0.877. The lowest BCUT2D eigenvalue weighted by Gasteiger charge is -2.08. The van der Waals surface area contributed by atoms with E-state index in [0.29, 0.717) is 12.3 Å². The number of aryl methyl sites for hydroxylation is 1. The summed E-state index contributed by atoms with van der Waals surface area (Å²) < 4.78 is 10.3. The molecule has 0 aliphatic heterocycles. The molecule has 110 valence electrons. The molecule has 5 nitrogen and oxygen atoms in total. The summed E-state index contributed by atoms with van der Waals surface area (Å²) in [7, 11) is 0. The van der Waals surface area contributed by atoms with Gasteiger partial charge in [0.2, 0.25) is 11.2 Å². The molecular formula is C16H17NO4. The highest BCUT2D eigenvalue weighted by Gasteiger charge is 2.09. The van der Waals surface area contributed by atoms with Gasteiger partial charge in [-0.05, 0) is 18.9 Å². The lowest BCUT2D eigenvalue weighted by atomic mass is 10.1. The molecule has 21 heavy (non-hydrogen) atoms. The highest BCUT2D eigenvalue weighted by Crippen LogP contribution is 2.10. The molecule has 0 bridgehead atoms. The van der Waals surface area contributed by atoms with Gasteiger partial charge in [0.25, 0.3) is 5.91 Å². The minimum atomic E-state index is -0.296. The van der Waals surface area contributed by atoms with Gasteiger partial charge in [-0.1, -0.05) is 30.3 Å². The van der Waals surface area contributed by atoms with Crippen LogP contribution in [0.25, 0.3) is 0 Å². The maximum atomic E-state index is 11.7. The van der Waals surface area contributed by atoms with Gasteiger partial charge in [-0.2, -0.15) is 0 Å². The Morgan fingerprint density at radius 3 is 2.71 bits per heavy atom. The lowest BCUT2D eigenvalue weighted by Crippen LogP contribution is -2.31. The molecule has 1 aromatic carbocycles. The smallest absolute Gasteiger partial charge is 0.257 e. The van der Waals surface area contributed by atoms with E-state index in [4.69, 9.17) is 9.15 Å². The fourth-order valence-electron chi connectivity index (χ4n) is 1.85. The Labute approximate surface area is 122 Å². The number of hydrogen-bond acceptors (Lipinski definition) is 4. The first-order chi connectivity index (χ1) is 10.2. The number of nitrogens with one attached hydrogen (secondary N) is 1. The first kappa shape index (κ1) is 14.8. The Balaban J connectivity index is 1.76. The summed E-state index contributed by atoms with van der Waals surface area (Å²) in [6.07, 6.45) is 2.05. The third-order valence-corrected chi connectivity index (χ3v) is 2.93. The Morgan fingerprint density at radius 1 is 1.24 bits per heavy atom. The molecule has 2 rings (SSSR count). The molecule has 0 saturated carbocycles. The van der Waals surface area contributed by atoms with Crippen molar-refractivity contribution in [2.45, 2.75) is 13.3 Å². The first-order valence-electron chi connectivity index (χ1n) is 6.68. The van der Waals surface area contributed by atoms with Gasteiger partial charge in [-0.15, -0.1) is 0 Å². The van der Waals surface area contributed by atoms with Gasteiger partial charge in [0.05, 0.1) is 6.26 Å². The minimum Gasteiger partial charge on any atom is -0.476 e. The zero-order valence-electron chi connectivity index (χ0n) is 11.8. The van der Waals surface area contributed by atoms with Crippen LogP contribution in [0.2, 0.25) is 0 Å². The molecule has 0 spiro atoms. The Kier molecular flexibility index (Phi) is 5.15. The number of ether oxygens (including phenoxy) is 1. The van der Waals surface area contributed by atoms with E-state index in [-0.39, 0.29) is 23.7 Å². The van der Waals surface area contributed by atoms with Crippen LogP contribution in [-0.2, 0) is 11.2 Å². The number of hydrogen-bond donors (Lipinski definition) is 1. The maximum Gasteiger partial charge on any atom is 0.257 e. The molecule has 0 atom stereocenters. The lowest BCUT2D eigenvalue weighted by molar-refractivity contribution is -0.123. The minimum absolute atomic E-state index is 0.0794. The molecular weight excluding hydrogens is 270 g/mol. The van der Waals surface area contributed by atoms with Crippen LogP contribution in [0.15, 0.2) is 51.9 Å². The summed E-state index contributed by atoms with van der Waals surface area (Å²) in [6.45, 7) is 1.93. The van der Waals surface area contributed by atoms with Crippen molar-refractivity contribution < 1.29 is 13.9 Å². The molecule has 0 unspecified atom stereocenters. The Hall–Kier alpha value is -2.56. The third-order valence-electron chi connectivity index (χ3n) is 2.93. The van der Waals surface area contributed by atoms with Crippen LogP contribution in [0.5, 0.6) is 5.75 Å². The van der Waals surface area contributed by atoms with E-state index in [9.17, 15) is 9.59 Å². The van der Waals surface area contributed by atoms with Gasteiger partial charge >= 0.3 is 0 Å². The summed E-state index contributed by atoms with van der Waals surface area (Å²) in [5, 5.41) is 2.74. The molecule has 0 saturated heterocycles. The van der Waals surface area contributed by atoms with E-state index in [0.717, 1.165) is 12.0 Å². The average molecular weight is 287 g/mol. The number of amides is 1. The first-order valence-corrected chi connectivity index (χ1v) is 6.68. The van der Waals surface area contributed by atoms with Crippen molar-refractivity contribution in [1.29, 1.82) is 0 Å². The second-order valence-electron chi connectivity index (χ2n) is 4.54. The van der Waals surface area contributed by atoms with Gasteiger partial charge in [-0.25, -0.2) is 0 Å². The Morgan fingerprint density at radius 2 is 2.00 bits per heavy atom. The van der Waals surface area contributed by atoms with Gasteiger partial charge < -0.3 is 14.5 Å². The van der Waals surface area contributed by atoms with Crippen LogP contribution in [-0.4, -0.2) is 19.1 Å². The number of benzene rings is 1. The fourth-order valence-corrected chi connectivity index (χ4v) is 1.85. The topological polar surface area (TPSA) is 68.5 Å². The van der Waals surface area contributed by atoms with Crippen molar-refractivity contribution in [3.63, 3.8) is 0 Å². The summed E-state index contributed by atoms with van der Waals surface area (Å²) in [5.41, 5.74) is 0.856. The monoisotopic (exact) mass is 287 g/mol. The van der Waals surface area contributed by atoms with Gasteiger partial charge in [-0.3, -0.25) is 9.59 Å². The van der Waals surface area contributed by atoms with Crippen LogP contribution in [0.1, 0.15) is 11.3 Å². The summed E-state index contributed by atoms with van der Waals surface area (Å²) >= 11 is 0. The molecule has 0 fully saturated rings. The van der Waals surface area contributed by atoms with Crippen molar-refractivity contribution in [3.8, 4) is 5.75 Å². The largest absolute Gasteiger partial charge is 0.476 e. The normalized spacial score (nSPS) is 10.1. The molecule has 1 amide bonds. The zero-order valence-corrected chi connectivity index (χ0v) is 11.8. The highest BCUT2D eigenvalue weighted by molar-refractivity contribution is 5.77. The molecule has 5 heteroatoms. The average Bonchev–Trinajstić information content (AvgIpc) is 2.48. The van der Waals surface area contributed by atoms with E-state index in [2.05, 4.69) is 5.32 Å². The number of carbonyl (C=O) groups is 1.